The number of rotatable bonds is 9. The largest absolute Gasteiger partial charge is 0.491 e. The molecule has 1 heterocycles. The number of ether oxygens (including phenoxy) is 2. The third kappa shape index (κ3) is 6.78. The Kier molecular flexibility index (Phi) is 9.00. The molecule has 3 aromatic rings. The summed E-state index contributed by atoms with van der Waals surface area (Å²) >= 11 is 10.7. The van der Waals surface area contributed by atoms with Crippen molar-refractivity contribution in [1.29, 1.82) is 0 Å². The van der Waals surface area contributed by atoms with Gasteiger partial charge in [-0.1, -0.05) is 61.8 Å². The van der Waals surface area contributed by atoms with Gasteiger partial charge < -0.3 is 9.47 Å². The monoisotopic (exact) mass is 599 g/mol. The van der Waals surface area contributed by atoms with E-state index in [1.165, 1.54) is 4.90 Å². The van der Waals surface area contributed by atoms with Crippen LogP contribution in [0.3, 0.4) is 0 Å². The molecule has 0 unspecified atom stereocenters. The predicted octanol–water partition coefficient (Wildman–Crippen LogP) is 8.23. The minimum Gasteiger partial charge on any atom is -0.491 e. The van der Waals surface area contributed by atoms with Crippen molar-refractivity contribution in [3.63, 3.8) is 0 Å². The number of aryl methyl sites for hydroxylation is 1. The third-order valence-electron chi connectivity index (χ3n) is 5.83. The highest BCUT2D eigenvalue weighted by atomic mass is 79.9. The van der Waals surface area contributed by atoms with Crippen LogP contribution in [0.5, 0.6) is 11.5 Å². The first kappa shape index (κ1) is 27.3. The molecule has 0 bridgehead atoms. The van der Waals surface area contributed by atoms with Crippen molar-refractivity contribution >= 4 is 56.5 Å². The summed E-state index contributed by atoms with van der Waals surface area (Å²) in [6, 6.07) is 19.1. The molecule has 0 saturated carbocycles. The molecule has 0 atom stereocenters. The van der Waals surface area contributed by atoms with E-state index in [0.29, 0.717) is 28.2 Å². The summed E-state index contributed by atoms with van der Waals surface area (Å²) in [4.78, 5) is 27.1. The fraction of sp³-hybridized carbons (Fsp3) is 0.241. The van der Waals surface area contributed by atoms with Crippen LogP contribution in [0.25, 0.3) is 6.08 Å². The molecule has 192 valence electrons. The van der Waals surface area contributed by atoms with Gasteiger partial charge in [-0.3, -0.25) is 14.5 Å². The Hall–Kier alpha value is -2.74. The maximum absolute atomic E-state index is 12.9. The number of carbonyl (C=O) groups is 2. The van der Waals surface area contributed by atoms with Crippen molar-refractivity contribution < 1.29 is 19.1 Å². The van der Waals surface area contributed by atoms with Crippen molar-refractivity contribution in [2.24, 2.45) is 0 Å². The highest BCUT2D eigenvalue weighted by Crippen LogP contribution is 2.34. The van der Waals surface area contributed by atoms with Gasteiger partial charge in [-0.05, 0) is 87.6 Å². The van der Waals surface area contributed by atoms with E-state index in [4.69, 9.17) is 21.1 Å². The van der Waals surface area contributed by atoms with Gasteiger partial charge in [-0.15, -0.1) is 0 Å². The standard InChI is InChI=1S/C29H27BrClNO4S/c1-18(2)22-10-8-19(3)14-26(22)35-13-12-32-28(33)27(37-29(32)34)16-20-9-11-25(23(30)15-20)36-17-21-6-4-5-7-24(21)31/h4-11,14-16,18H,12-13,17H2,1-3H3/b27-16-. The summed E-state index contributed by atoms with van der Waals surface area (Å²) in [6.45, 7) is 6.97. The van der Waals surface area contributed by atoms with E-state index < -0.39 is 0 Å². The maximum Gasteiger partial charge on any atom is 0.293 e. The smallest absolute Gasteiger partial charge is 0.293 e. The average Bonchev–Trinajstić information content (AvgIpc) is 3.11. The molecule has 3 aromatic carbocycles. The molecule has 0 N–H and O–H groups in total. The molecular formula is C29H27BrClNO4S. The highest BCUT2D eigenvalue weighted by Gasteiger charge is 2.34. The molecule has 0 radical (unpaired) electrons. The van der Waals surface area contributed by atoms with E-state index in [9.17, 15) is 9.59 Å². The maximum atomic E-state index is 12.9. The number of hydrogen-bond acceptors (Lipinski definition) is 5. The van der Waals surface area contributed by atoms with Crippen LogP contribution in [-0.4, -0.2) is 29.2 Å². The van der Waals surface area contributed by atoms with Gasteiger partial charge in [0.25, 0.3) is 11.1 Å². The minimum atomic E-state index is -0.318. The first-order valence-corrected chi connectivity index (χ1v) is 13.9. The van der Waals surface area contributed by atoms with Gasteiger partial charge in [0.2, 0.25) is 0 Å². The number of thioether (sulfide) groups is 1. The molecule has 0 spiro atoms. The quantitative estimate of drug-likeness (QED) is 0.232. The number of hydrogen-bond donors (Lipinski definition) is 0. The number of amides is 2. The zero-order valence-corrected chi connectivity index (χ0v) is 24.0. The van der Waals surface area contributed by atoms with E-state index in [1.807, 2.05) is 55.5 Å². The van der Waals surface area contributed by atoms with E-state index in [0.717, 1.165) is 44.2 Å². The average molecular weight is 601 g/mol. The van der Waals surface area contributed by atoms with Gasteiger partial charge in [-0.2, -0.15) is 0 Å². The topological polar surface area (TPSA) is 55.8 Å². The summed E-state index contributed by atoms with van der Waals surface area (Å²) in [7, 11) is 0. The van der Waals surface area contributed by atoms with E-state index in [2.05, 4.69) is 41.9 Å². The summed E-state index contributed by atoms with van der Waals surface area (Å²) < 4.78 is 12.6. The molecule has 1 saturated heterocycles. The van der Waals surface area contributed by atoms with Crippen LogP contribution in [0.2, 0.25) is 5.02 Å². The van der Waals surface area contributed by atoms with Gasteiger partial charge in [-0.25, -0.2) is 0 Å². The van der Waals surface area contributed by atoms with E-state index in [-0.39, 0.29) is 24.3 Å². The minimum absolute atomic E-state index is 0.187. The van der Waals surface area contributed by atoms with Gasteiger partial charge in [0, 0.05) is 10.6 Å². The lowest BCUT2D eigenvalue weighted by atomic mass is 10.0. The Morgan fingerprint density at radius 1 is 1.03 bits per heavy atom. The molecule has 0 aromatic heterocycles. The van der Waals surface area contributed by atoms with Crippen molar-refractivity contribution in [1.82, 2.24) is 4.90 Å². The second kappa shape index (κ2) is 12.2. The molecule has 37 heavy (non-hydrogen) atoms. The van der Waals surface area contributed by atoms with Gasteiger partial charge in [0.1, 0.15) is 24.7 Å². The molecule has 5 nitrogen and oxygen atoms in total. The van der Waals surface area contributed by atoms with Gasteiger partial charge >= 0.3 is 0 Å². The van der Waals surface area contributed by atoms with Crippen LogP contribution < -0.4 is 9.47 Å². The van der Waals surface area contributed by atoms with E-state index >= 15 is 0 Å². The lowest BCUT2D eigenvalue weighted by molar-refractivity contribution is -0.123. The van der Waals surface area contributed by atoms with E-state index in [1.54, 1.807) is 6.08 Å². The fourth-order valence-electron chi connectivity index (χ4n) is 3.83. The Morgan fingerprint density at radius 2 is 1.81 bits per heavy atom. The number of halogens is 2. The van der Waals surface area contributed by atoms with Crippen LogP contribution in [0, 0.1) is 6.92 Å². The Bertz CT molecular complexity index is 1360. The van der Waals surface area contributed by atoms with Gasteiger partial charge in [0.15, 0.2) is 0 Å². The lowest BCUT2D eigenvalue weighted by Gasteiger charge is -2.17. The van der Waals surface area contributed by atoms with Gasteiger partial charge in [0.05, 0.1) is 15.9 Å². The van der Waals surface area contributed by atoms with Crippen LogP contribution in [0.4, 0.5) is 4.79 Å². The summed E-state index contributed by atoms with van der Waals surface area (Å²) in [5.74, 6) is 1.43. The molecule has 8 heteroatoms. The zero-order chi connectivity index (χ0) is 26.5. The molecule has 1 aliphatic rings. The number of nitrogens with zero attached hydrogens (tertiary/aromatic N) is 1. The Morgan fingerprint density at radius 3 is 2.54 bits per heavy atom. The van der Waals surface area contributed by atoms with Crippen LogP contribution in [0.1, 0.15) is 42.0 Å². The zero-order valence-electron chi connectivity index (χ0n) is 20.8. The third-order valence-corrected chi connectivity index (χ3v) is 7.73. The fourth-order valence-corrected chi connectivity index (χ4v) is 5.40. The summed E-state index contributed by atoms with van der Waals surface area (Å²) in [5.41, 5.74) is 3.87. The summed E-state index contributed by atoms with van der Waals surface area (Å²) in [5, 5.41) is 0.350. The molecular weight excluding hydrogens is 574 g/mol. The van der Waals surface area contributed by atoms with Crippen LogP contribution >= 0.6 is 39.3 Å². The molecule has 4 rings (SSSR count). The Labute approximate surface area is 234 Å². The van der Waals surface area contributed by atoms with Crippen molar-refractivity contribution in [2.75, 3.05) is 13.2 Å². The first-order chi connectivity index (χ1) is 17.7. The van der Waals surface area contributed by atoms with Crippen LogP contribution in [0.15, 0.2) is 70.0 Å². The molecule has 0 aliphatic carbocycles. The first-order valence-electron chi connectivity index (χ1n) is 11.9. The van der Waals surface area contributed by atoms with Crippen molar-refractivity contribution in [2.45, 2.75) is 33.3 Å². The highest BCUT2D eigenvalue weighted by molar-refractivity contribution is 9.10. The molecule has 1 aliphatic heterocycles. The number of carbonyl (C=O) groups excluding carboxylic acids is 2. The predicted molar refractivity (Wildman–Crippen MR) is 153 cm³/mol. The normalized spacial score (nSPS) is 14.6. The lowest BCUT2D eigenvalue weighted by Crippen LogP contribution is -2.32. The number of benzene rings is 3. The summed E-state index contributed by atoms with van der Waals surface area (Å²) in [6.07, 6.45) is 1.71. The second-order valence-corrected chi connectivity index (χ2v) is 11.2. The number of imide groups is 1. The Balaban J connectivity index is 1.38. The molecule has 2 amide bonds. The van der Waals surface area contributed by atoms with Crippen molar-refractivity contribution in [3.05, 3.63) is 97.3 Å². The van der Waals surface area contributed by atoms with Crippen LogP contribution in [-0.2, 0) is 11.4 Å². The van der Waals surface area contributed by atoms with Crippen molar-refractivity contribution in [3.8, 4) is 11.5 Å². The second-order valence-electron chi connectivity index (χ2n) is 8.95. The SMILES string of the molecule is Cc1ccc(C(C)C)c(OCCN2C(=O)S/C(=C\c3ccc(OCc4ccccc4Cl)c(Br)c3)C2=O)c1. The molecule has 1 fully saturated rings.